The van der Waals surface area contributed by atoms with E-state index in [1.165, 1.54) is 60.8 Å². The molecular formula is C32H27IrN2-. The fourth-order valence-electron chi connectivity index (χ4n) is 5.75. The normalized spacial score (nSPS) is 11.3. The van der Waals surface area contributed by atoms with Gasteiger partial charge in [0.05, 0.1) is 11.3 Å². The molecule has 0 unspecified atom stereocenters. The zero-order valence-corrected chi connectivity index (χ0v) is 23.1. The van der Waals surface area contributed by atoms with E-state index < -0.39 is 0 Å². The van der Waals surface area contributed by atoms with Crippen molar-refractivity contribution in [2.45, 2.75) is 34.6 Å². The molecule has 0 aliphatic heterocycles. The van der Waals surface area contributed by atoms with Gasteiger partial charge in [-0.25, -0.2) is 0 Å². The summed E-state index contributed by atoms with van der Waals surface area (Å²) in [6.45, 7) is 10.9. The van der Waals surface area contributed by atoms with Gasteiger partial charge in [0.2, 0.25) is 0 Å². The first-order valence-electron chi connectivity index (χ1n) is 11.8. The fraction of sp³-hybridized carbons (Fsp3) is 0.156. The van der Waals surface area contributed by atoms with Crippen LogP contribution in [0.1, 0.15) is 27.8 Å². The van der Waals surface area contributed by atoms with Crippen LogP contribution in [0, 0.1) is 40.7 Å². The van der Waals surface area contributed by atoms with E-state index in [0.29, 0.717) is 0 Å². The molecule has 2 aromatic heterocycles. The van der Waals surface area contributed by atoms with Crippen molar-refractivity contribution in [3.8, 4) is 22.4 Å². The Hall–Kier alpha value is -3.26. The first kappa shape index (κ1) is 23.5. The van der Waals surface area contributed by atoms with E-state index in [1.807, 2.05) is 12.3 Å². The molecule has 1 radical (unpaired) electrons. The van der Waals surface area contributed by atoms with Gasteiger partial charge in [-0.3, -0.25) is 4.98 Å². The number of pyridine rings is 1. The van der Waals surface area contributed by atoms with Crippen LogP contribution in [0.25, 0.3) is 49.7 Å². The Morgan fingerprint density at radius 3 is 2.14 bits per heavy atom. The van der Waals surface area contributed by atoms with Crippen LogP contribution in [0.2, 0.25) is 0 Å². The number of benzene rings is 4. The summed E-state index contributed by atoms with van der Waals surface area (Å²) in [5.74, 6) is 0. The Morgan fingerprint density at radius 2 is 1.43 bits per heavy atom. The number of aromatic nitrogens is 2. The molecule has 0 bridgehead atoms. The van der Waals surface area contributed by atoms with Gasteiger partial charge in [0.1, 0.15) is 0 Å². The summed E-state index contributed by atoms with van der Waals surface area (Å²) in [6, 6.07) is 27.6. The minimum absolute atomic E-state index is 0. The summed E-state index contributed by atoms with van der Waals surface area (Å²) < 4.78 is 2.34. The maximum Gasteiger partial charge on any atom is 0.0639 e. The summed E-state index contributed by atoms with van der Waals surface area (Å²) in [6.07, 6.45) is 2.03. The average Bonchev–Trinajstić information content (AvgIpc) is 3.23. The topological polar surface area (TPSA) is 17.3 Å². The minimum atomic E-state index is 0. The molecule has 0 aliphatic carbocycles. The largest absolute Gasteiger partial charge is 0.333 e. The first-order chi connectivity index (χ1) is 16.4. The Bertz CT molecular complexity index is 1710. The van der Waals surface area contributed by atoms with Crippen LogP contribution in [0.15, 0.2) is 72.9 Å². The molecule has 6 rings (SSSR count). The zero-order chi connectivity index (χ0) is 23.6. The van der Waals surface area contributed by atoms with Gasteiger partial charge < -0.3 is 4.40 Å². The van der Waals surface area contributed by atoms with Gasteiger partial charge in [0.25, 0.3) is 0 Å². The van der Waals surface area contributed by atoms with Crippen molar-refractivity contribution in [1.29, 1.82) is 0 Å². The SMILES string of the molecule is Cc1cc(C)c(-c2cnc3c4[c-]cccc4c4ccc(-c5c(C)cccc5C)cc4n23)c(C)c1.[Ir]. The predicted molar refractivity (Wildman–Crippen MR) is 144 cm³/mol. The van der Waals surface area contributed by atoms with Crippen molar-refractivity contribution in [1.82, 2.24) is 9.38 Å². The Morgan fingerprint density at radius 1 is 0.714 bits per heavy atom. The summed E-state index contributed by atoms with van der Waals surface area (Å²) in [7, 11) is 0. The van der Waals surface area contributed by atoms with Gasteiger partial charge in [-0.05, 0) is 79.5 Å². The van der Waals surface area contributed by atoms with Crippen LogP contribution in [-0.4, -0.2) is 9.38 Å². The molecule has 35 heavy (non-hydrogen) atoms. The summed E-state index contributed by atoms with van der Waals surface area (Å²) >= 11 is 0. The number of fused-ring (bicyclic) bond motifs is 6. The second-order valence-electron chi connectivity index (χ2n) is 9.53. The molecule has 175 valence electrons. The zero-order valence-electron chi connectivity index (χ0n) is 20.7. The predicted octanol–water partition coefficient (Wildman–Crippen LogP) is 8.31. The maximum absolute atomic E-state index is 4.95. The van der Waals surface area contributed by atoms with E-state index in [-0.39, 0.29) is 20.1 Å². The van der Waals surface area contributed by atoms with Crippen molar-refractivity contribution < 1.29 is 20.1 Å². The molecular weight excluding hydrogens is 605 g/mol. The molecule has 6 aromatic rings. The third-order valence-corrected chi connectivity index (χ3v) is 7.07. The van der Waals surface area contributed by atoms with E-state index in [4.69, 9.17) is 4.98 Å². The number of rotatable bonds is 2. The van der Waals surface area contributed by atoms with Crippen LogP contribution in [0.4, 0.5) is 0 Å². The number of aryl methyl sites for hydroxylation is 5. The van der Waals surface area contributed by atoms with Crippen LogP contribution < -0.4 is 0 Å². The second kappa shape index (κ2) is 8.75. The van der Waals surface area contributed by atoms with Crippen molar-refractivity contribution in [3.05, 3.63) is 107 Å². The number of nitrogens with zero attached hydrogens (tertiary/aromatic N) is 2. The molecule has 2 nitrogen and oxygen atoms in total. The Kier molecular flexibility index (Phi) is 5.87. The number of hydrogen-bond acceptors (Lipinski definition) is 1. The molecule has 0 spiro atoms. The van der Waals surface area contributed by atoms with Crippen molar-refractivity contribution in [2.75, 3.05) is 0 Å². The van der Waals surface area contributed by atoms with Crippen LogP contribution >= 0.6 is 0 Å². The van der Waals surface area contributed by atoms with Gasteiger partial charge in [0.15, 0.2) is 0 Å². The van der Waals surface area contributed by atoms with E-state index in [0.717, 1.165) is 16.7 Å². The van der Waals surface area contributed by atoms with E-state index in [9.17, 15) is 0 Å². The van der Waals surface area contributed by atoms with Gasteiger partial charge in [-0.2, -0.15) is 0 Å². The van der Waals surface area contributed by atoms with Gasteiger partial charge in [0, 0.05) is 37.4 Å². The van der Waals surface area contributed by atoms with Crippen molar-refractivity contribution >= 4 is 27.3 Å². The van der Waals surface area contributed by atoms with Gasteiger partial charge >= 0.3 is 0 Å². The van der Waals surface area contributed by atoms with Crippen molar-refractivity contribution in [2.24, 2.45) is 0 Å². The van der Waals surface area contributed by atoms with Gasteiger partial charge in [-0.1, -0.05) is 53.4 Å². The number of hydrogen-bond donors (Lipinski definition) is 0. The molecule has 3 heteroatoms. The second-order valence-corrected chi connectivity index (χ2v) is 9.53. The van der Waals surface area contributed by atoms with Crippen LogP contribution in [0.5, 0.6) is 0 Å². The van der Waals surface area contributed by atoms with E-state index >= 15 is 0 Å². The number of imidazole rings is 1. The molecule has 0 saturated heterocycles. The van der Waals surface area contributed by atoms with E-state index in [1.54, 1.807) is 0 Å². The summed E-state index contributed by atoms with van der Waals surface area (Å²) in [5.41, 5.74) is 13.5. The standard InChI is InChI=1S/C32H27N2.Ir/c1-19-15-22(4)31(23(5)16-19)29-18-33-32-27-12-7-6-11-25(27)26-14-13-24(17-28(26)34(29)32)30-20(2)9-8-10-21(30)3;/h6-11,13-18H,1-5H3;/q-1;. The van der Waals surface area contributed by atoms with Crippen molar-refractivity contribution in [3.63, 3.8) is 0 Å². The molecule has 0 atom stereocenters. The molecule has 0 fully saturated rings. The quantitative estimate of drug-likeness (QED) is 0.139. The molecule has 4 aromatic carbocycles. The summed E-state index contributed by atoms with van der Waals surface area (Å²) in [5, 5.41) is 3.46. The molecule has 2 heterocycles. The van der Waals surface area contributed by atoms with Gasteiger partial charge in [-0.15, -0.1) is 29.7 Å². The van der Waals surface area contributed by atoms with Crippen LogP contribution in [0.3, 0.4) is 0 Å². The third-order valence-electron chi connectivity index (χ3n) is 7.07. The monoisotopic (exact) mass is 632 g/mol. The smallest absolute Gasteiger partial charge is 0.0639 e. The third kappa shape index (κ3) is 3.62. The first-order valence-corrected chi connectivity index (χ1v) is 11.8. The Balaban J connectivity index is 0.00000253. The minimum Gasteiger partial charge on any atom is -0.333 e. The maximum atomic E-state index is 4.95. The molecule has 0 N–H and O–H groups in total. The Labute approximate surface area is 220 Å². The molecule has 0 aliphatic rings. The molecule has 0 saturated carbocycles. The average molecular weight is 632 g/mol. The van der Waals surface area contributed by atoms with Crippen LogP contribution in [-0.2, 0) is 20.1 Å². The fourth-order valence-corrected chi connectivity index (χ4v) is 5.75. The molecule has 0 amide bonds. The summed E-state index contributed by atoms with van der Waals surface area (Å²) in [4.78, 5) is 4.95. The van der Waals surface area contributed by atoms with E-state index in [2.05, 4.69) is 106 Å².